The summed E-state index contributed by atoms with van der Waals surface area (Å²) in [6.45, 7) is 0. The van der Waals surface area contributed by atoms with E-state index < -0.39 is 5.95 Å². The second-order valence-electron chi connectivity index (χ2n) is 4.21. The van der Waals surface area contributed by atoms with E-state index in [0.717, 1.165) is 25.3 Å². The first-order valence-electron chi connectivity index (χ1n) is 5.64. The first-order chi connectivity index (χ1) is 8.19. The van der Waals surface area contributed by atoms with E-state index in [1.54, 1.807) is 0 Å². The van der Waals surface area contributed by atoms with Crippen LogP contribution in [0.1, 0.15) is 29.6 Å². The van der Waals surface area contributed by atoms with Crippen LogP contribution >= 0.6 is 11.8 Å². The SMILES string of the molecule is CSC1CCC(NC(=O)c2ccnc(F)c2)C1. The minimum absolute atomic E-state index is 0.210. The molecule has 0 aromatic carbocycles. The van der Waals surface area contributed by atoms with E-state index in [9.17, 15) is 9.18 Å². The zero-order valence-corrected chi connectivity index (χ0v) is 10.5. The molecule has 0 bridgehead atoms. The Bertz CT molecular complexity index is 413. The van der Waals surface area contributed by atoms with Gasteiger partial charge in [-0.15, -0.1) is 0 Å². The van der Waals surface area contributed by atoms with E-state index in [4.69, 9.17) is 0 Å². The fraction of sp³-hybridized carbons (Fsp3) is 0.500. The van der Waals surface area contributed by atoms with Crippen LogP contribution in [0.15, 0.2) is 18.3 Å². The first kappa shape index (κ1) is 12.4. The Labute approximate surface area is 104 Å². The fourth-order valence-corrected chi connectivity index (χ4v) is 2.89. The van der Waals surface area contributed by atoms with Gasteiger partial charge in [-0.25, -0.2) is 4.98 Å². The molecule has 2 rings (SSSR count). The van der Waals surface area contributed by atoms with Gasteiger partial charge in [-0.1, -0.05) is 0 Å². The van der Waals surface area contributed by atoms with E-state index in [-0.39, 0.29) is 11.9 Å². The number of aromatic nitrogens is 1. The summed E-state index contributed by atoms with van der Waals surface area (Å²) < 4.78 is 12.9. The highest BCUT2D eigenvalue weighted by atomic mass is 32.2. The number of amides is 1. The Kier molecular flexibility index (Phi) is 3.99. The van der Waals surface area contributed by atoms with E-state index >= 15 is 0 Å². The van der Waals surface area contributed by atoms with Gasteiger partial charge >= 0.3 is 0 Å². The zero-order valence-electron chi connectivity index (χ0n) is 9.65. The topological polar surface area (TPSA) is 42.0 Å². The van der Waals surface area contributed by atoms with Crippen molar-refractivity contribution in [1.82, 2.24) is 10.3 Å². The molecule has 1 N–H and O–H groups in total. The van der Waals surface area contributed by atoms with Crippen molar-refractivity contribution in [3.8, 4) is 0 Å². The quantitative estimate of drug-likeness (QED) is 0.841. The van der Waals surface area contributed by atoms with Crippen molar-refractivity contribution in [2.75, 3.05) is 6.26 Å². The van der Waals surface area contributed by atoms with Crippen molar-refractivity contribution in [3.05, 3.63) is 29.8 Å². The highest BCUT2D eigenvalue weighted by Crippen LogP contribution is 2.28. The summed E-state index contributed by atoms with van der Waals surface area (Å²) in [6, 6.07) is 2.91. The van der Waals surface area contributed by atoms with Crippen LogP contribution < -0.4 is 5.32 Å². The van der Waals surface area contributed by atoms with Gasteiger partial charge in [0.25, 0.3) is 5.91 Å². The number of thioether (sulfide) groups is 1. The van der Waals surface area contributed by atoms with Crippen molar-refractivity contribution >= 4 is 17.7 Å². The van der Waals surface area contributed by atoms with Crippen molar-refractivity contribution in [1.29, 1.82) is 0 Å². The molecule has 0 radical (unpaired) electrons. The first-order valence-corrected chi connectivity index (χ1v) is 6.93. The molecule has 1 aromatic rings. The number of hydrogen-bond acceptors (Lipinski definition) is 3. The third kappa shape index (κ3) is 3.19. The number of pyridine rings is 1. The third-order valence-corrected chi connectivity index (χ3v) is 4.14. The third-order valence-electron chi connectivity index (χ3n) is 3.04. The van der Waals surface area contributed by atoms with Crippen LogP contribution in [-0.2, 0) is 0 Å². The van der Waals surface area contributed by atoms with Crippen LogP contribution in [0.25, 0.3) is 0 Å². The summed E-state index contributed by atoms with van der Waals surface area (Å²) in [5.74, 6) is -0.830. The largest absolute Gasteiger partial charge is 0.349 e. The minimum atomic E-state index is -0.619. The summed E-state index contributed by atoms with van der Waals surface area (Å²) in [6.07, 6.45) is 6.54. The average Bonchev–Trinajstić information content (AvgIpc) is 2.77. The molecule has 1 heterocycles. The maximum absolute atomic E-state index is 12.9. The molecule has 0 saturated heterocycles. The van der Waals surface area contributed by atoms with E-state index in [1.165, 1.54) is 12.3 Å². The maximum atomic E-state index is 12.9. The number of hydrogen-bond donors (Lipinski definition) is 1. The summed E-state index contributed by atoms with van der Waals surface area (Å²) >= 11 is 1.84. The van der Waals surface area contributed by atoms with E-state index in [1.807, 2.05) is 11.8 Å². The van der Waals surface area contributed by atoms with Gasteiger partial charge in [0, 0.05) is 29.1 Å². The fourth-order valence-electron chi connectivity index (χ4n) is 2.10. The molecule has 3 nitrogen and oxygen atoms in total. The molecular weight excluding hydrogens is 239 g/mol. The van der Waals surface area contributed by atoms with Crippen molar-refractivity contribution in [2.24, 2.45) is 0 Å². The molecule has 2 atom stereocenters. The predicted molar refractivity (Wildman–Crippen MR) is 66.6 cm³/mol. The lowest BCUT2D eigenvalue weighted by atomic mass is 10.2. The van der Waals surface area contributed by atoms with Crippen LogP contribution in [0.2, 0.25) is 0 Å². The lowest BCUT2D eigenvalue weighted by Crippen LogP contribution is -2.33. The summed E-state index contributed by atoms with van der Waals surface area (Å²) in [5.41, 5.74) is 0.338. The van der Waals surface area contributed by atoms with Crippen LogP contribution in [0.5, 0.6) is 0 Å². The van der Waals surface area contributed by atoms with Crippen molar-refractivity contribution in [3.63, 3.8) is 0 Å². The van der Waals surface area contributed by atoms with E-state index in [2.05, 4.69) is 16.6 Å². The monoisotopic (exact) mass is 254 g/mol. The van der Waals surface area contributed by atoms with Gasteiger partial charge in [-0.3, -0.25) is 4.79 Å². The number of halogens is 1. The van der Waals surface area contributed by atoms with Gasteiger partial charge in [0.1, 0.15) is 0 Å². The summed E-state index contributed by atoms with van der Waals surface area (Å²) in [7, 11) is 0. The summed E-state index contributed by atoms with van der Waals surface area (Å²) in [4.78, 5) is 15.3. The molecule has 1 aromatic heterocycles. The second kappa shape index (κ2) is 5.49. The minimum Gasteiger partial charge on any atom is -0.349 e. The van der Waals surface area contributed by atoms with Gasteiger partial charge < -0.3 is 5.32 Å². The Morgan fingerprint density at radius 3 is 3.06 bits per heavy atom. The van der Waals surface area contributed by atoms with Crippen LogP contribution in [0.3, 0.4) is 0 Å². The van der Waals surface area contributed by atoms with Gasteiger partial charge in [-0.05, 0) is 31.6 Å². The van der Waals surface area contributed by atoms with Crippen LogP contribution in [0, 0.1) is 5.95 Å². The zero-order chi connectivity index (χ0) is 12.3. The molecule has 1 amide bonds. The maximum Gasteiger partial charge on any atom is 0.251 e. The van der Waals surface area contributed by atoms with Crippen molar-refractivity contribution < 1.29 is 9.18 Å². The smallest absolute Gasteiger partial charge is 0.251 e. The molecular formula is C12H15FN2OS. The highest BCUT2D eigenvalue weighted by Gasteiger charge is 2.25. The van der Waals surface area contributed by atoms with Gasteiger partial charge in [0.15, 0.2) is 0 Å². The molecule has 1 aliphatic rings. The molecule has 0 aliphatic heterocycles. The van der Waals surface area contributed by atoms with Gasteiger partial charge in [0.2, 0.25) is 5.95 Å². The normalized spacial score (nSPS) is 23.6. The average molecular weight is 254 g/mol. The second-order valence-corrected chi connectivity index (χ2v) is 5.35. The highest BCUT2D eigenvalue weighted by molar-refractivity contribution is 7.99. The summed E-state index contributed by atoms with van der Waals surface area (Å²) in [5, 5.41) is 3.57. The number of nitrogens with zero attached hydrogens (tertiary/aromatic N) is 1. The molecule has 92 valence electrons. The Hall–Kier alpha value is -1.10. The van der Waals surface area contributed by atoms with Crippen LogP contribution in [-0.4, -0.2) is 28.4 Å². The molecule has 1 aliphatic carbocycles. The molecule has 1 saturated carbocycles. The predicted octanol–water partition coefficient (Wildman–Crippen LogP) is 2.23. The number of nitrogens with one attached hydrogen (secondary N) is 1. The standard InChI is InChI=1S/C12H15FN2OS/c1-17-10-3-2-9(7-10)15-12(16)8-4-5-14-11(13)6-8/h4-6,9-10H,2-3,7H2,1H3,(H,15,16). The molecule has 5 heteroatoms. The molecule has 17 heavy (non-hydrogen) atoms. The van der Waals surface area contributed by atoms with E-state index in [0.29, 0.717) is 10.8 Å². The lowest BCUT2D eigenvalue weighted by Gasteiger charge is -2.12. The number of carbonyl (C=O) groups is 1. The van der Waals surface area contributed by atoms with Crippen molar-refractivity contribution in [2.45, 2.75) is 30.6 Å². The molecule has 2 unspecified atom stereocenters. The number of rotatable bonds is 3. The Balaban J connectivity index is 1.94. The number of carbonyl (C=O) groups excluding carboxylic acids is 1. The Morgan fingerprint density at radius 1 is 1.59 bits per heavy atom. The van der Waals surface area contributed by atoms with Gasteiger partial charge in [-0.2, -0.15) is 16.2 Å². The lowest BCUT2D eigenvalue weighted by molar-refractivity contribution is 0.0937. The Morgan fingerprint density at radius 2 is 2.41 bits per heavy atom. The molecule has 1 fully saturated rings. The molecule has 0 spiro atoms. The van der Waals surface area contributed by atoms with Crippen LogP contribution in [0.4, 0.5) is 4.39 Å². The van der Waals surface area contributed by atoms with Gasteiger partial charge in [0.05, 0.1) is 0 Å².